The maximum atomic E-state index is 13.2. The number of aromatic amines is 1. The molecule has 5 fully saturated rings. The van der Waals surface area contributed by atoms with Gasteiger partial charge in [-0.2, -0.15) is 0 Å². The molecule has 3 saturated carbocycles. The number of fused-ring (bicyclic) bond motifs is 5. The van der Waals surface area contributed by atoms with E-state index in [9.17, 15) is 10.2 Å². The number of ether oxygens (including phenoxy) is 3. The quantitative estimate of drug-likeness (QED) is 0.287. The topological polar surface area (TPSA) is 87.2 Å². The van der Waals surface area contributed by atoms with Gasteiger partial charge < -0.3 is 29.4 Å². The van der Waals surface area contributed by atoms with E-state index in [2.05, 4.69) is 58.0 Å². The SMILES string of the molecule is C=C1Cc2ccc3[nH]c4c5c3c2[C@@H]2[C@@H]1C[C@@H]2C(C)(C)O[C@H]5[C@H]1CC[C@@]2(O)[C@]35O[C@@H]3[C@@H](O)[C@@H](C(=C)C)O[C@H]5CC[C@]2(C)[C@@]41C. The van der Waals surface area contributed by atoms with Gasteiger partial charge in [-0.3, -0.25) is 0 Å². The van der Waals surface area contributed by atoms with Gasteiger partial charge in [0, 0.05) is 38.9 Å². The Morgan fingerprint density at radius 3 is 2.60 bits per heavy atom. The van der Waals surface area contributed by atoms with E-state index in [0.29, 0.717) is 24.2 Å². The number of aliphatic hydroxyl groups is 2. The second-order valence-electron chi connectivity index (χ2n) is 16.7. The number of rotatable bonds is 1. The molecule has 1 spiro atoms. The van der Waals surface area contributed by atoms with Crippen LogP contribution in [0.1, 0.15) is 101 Å². The minimum Gasteiger partial charge on any atom is -0.387 e. The van der Waals surface area contributed by atoms with Crippen molar-refractivity contribution in [3.8, 4) is 0 Å². The molecule has 5 aliphatic carbocycles. The highest BCUT2D eigenvalue weighted by molar-refractivity contribution is 5.92. The lowest BCUT2D eigenvalue weighted by Gasteiger charge is -2.66. The summed E-state index contributed by atoms with van der Waals surface area (Å²) >= 11 is 0. The molecule has 2 aromatic rings. The Balaban J connectivity index is 1.19. The van der Waals surface area contributed by atoms with E-state index in [1.54, 1.807) is 5.56 Å². The molecule has 1 aromatic carbocycles. The largest absolute Gasteiger partial charge is 0.387 e. The average molecular weight is 584 g/mol. The molecule has 2 saturated heterocycles. The normalized spacial score (nSPS) is 52.6. The molecule has 8 aliphatic rings. The van der Waals surface area contributed by atoms with Gasteiger partial charge in [0.05, 0.1) is 17.8 Å². The van der Waals surface area contributed by atoms with E-state index in [0.717, 1.165) is 37.7 Å². The van der Waals surface area contributed by atoms with Crippen LogP contribution in [-0.2, 0) is 26.0 Å². The molecule has 1 aromatic heterocycles. The molecule has 43 heavy (non-hydrogen) atoms. The van der Waals surface area contributed by atoms with Gasteiger partial charge in [0.1, 0.15) is 23.9 Å². The van der Waals surface area contributed by atoms with Crippen molar-refractivity contribution in [2.45, 2.75) is 132 Å². The van der Waals surface area contributed by atoms with Gasteiger partial charge in [-0.25, -0.2) is 0 Å². The van der Waals surface area contributed by atoms with Crippen molar-refractivity contribution in [1.29, 1.82) is 0 Å². The Morgan fingerprint density at radius 2 is 1.84 bits per heavy atom. The summed E-state index contributed by atoms with van der Waals surface area (Å²) in [6.45, 7) is 19.9. The van der Waals surface area contributed by atoms with Crippen molar-refractivity contribution >= 4 is 10.9 Å². The zero-order valence-electron chi connectivity index (χ0n) is 26.1. The fourth-order valence-electron chi connectivity index (χ4n) is 12.7. The molecule has 0 radical (unpaired) electrons. The van der Waals surface area contributed by atoms with Crippen LogP contribution in [0.4, 0.5) is 0 Å². The van der Waals surface area contributed by atoms with Crippen LogP contribution in [0.2, 0.25) is 0 Å². The van der Waals surface area contributed by atoms with E-state index in [4.69, 9.17) is 14.2 Å². The number of epoxide rings is 1. The zero-order chi connectivity index (χ0) is 29.8. The molecule has 10 rings (SSSR count). The van der Waals surface area contributed by atoms with E-state index in [1.807, 2.05) is 6.92 Å². The van der Waals surface area contributed by atoms with E-state index < -0.39 is 34.9 Å². The van der Waals surface area contributed by atoms with Crippen molar-refractivity contribution in [3.63, 3.8) is 0 Å². The average Bonchev–Trinajstić information content (AvgIpc) is 3.51. The maximum Gasteiger partial charge on any atom is 0.153 e. The number of H-pyrrole nitrogens is 1. The zero-order valence-corrected chi connectivity index (χ0v) is 26.1. The second-order valence-corrected chi connectivity index (χ2v) is 16.7. The third-order valence-electron chi connectivity index (χ3n) is 15.0. The van der Waals surface area contributed by atoms with Crippen LogP contribution in [0, 0.1) is 23.2 Å². The van der Waals surface area contributed by atoms with Crippen molar-refractivity contribution < 1.29 is 24.4 Å². The van der Waals surface area contributed by atoms with Crippen molar-refractivity contribution in [2.24, 2.45) is 23.2 Å². The van der Waals surface area contributed by atoms with Crippen LogP contribution in [0.25, 0.3) is 10.9 Å². The lowest BCUT2D eigenvalue weighted by atomic mass is 9.40. The van der Waals surface area contributed by atoms with Gasteiger partial charge in [-0.1, -0.05) is 38.6 Å². The number of benzene rings is 1. The Hall–Kier alpha value is -1.96. The minimum atomic E-state index is -1.15. The van der Waals surface area contributed by atoms with Crippen LogP contribution >= 0.6 is 0 Å². The molecule has 3 N–H and O–H groups in total. The Morgan fingerprint density at radius 1 is 1.05 bits per heavy atom. The first kappa shape index (κ1) is 26.3. The highest BCUT2D eigenvalue weighted by atomic mass is 16.7. The van der Waals surface area contributed by atoms with Gasteiger partial charge in [0.15, 0.2) is 5.60 Å². The predicted octanol–water partition coefficient (Wildman–Crippen LogP) is 5.90. The van der Waals surface area contributed by atoms with Crippen LogP contribution in [0.15, 0.2) is 36.4 Å². The van der Waals surface area contributed by atoms with E-state index in [1.165, 1.54) is 33.3 Å². The first-order chi connectivity index (χ1) is 20.3. The van der Waals surface area contributed by atoms with Gasteiger partial charge >= 0.3 is 0 Å². The summed E-state index contributed by atoms with van der Waals surface area (Å²) in [4.78, 5) is 4.00. The molecular formula is C37H45NO5. The molecule has 228 valence electrons. The lowest BCUT2D eigenvalue weighted by molar-refractivity contribution is -0.274. The highest BCUT2D eigenvalue weighted by Gasteiger charge is 2.86. The van der Waals surface area contributed by atoms with Crippen LogP contribution in [0.3, 0.4) is 0 Å². The third-order valence-corrected chi connectivity index (χ3v) is 15.0. The molecular weight excluding hydrogens is 538 g/mol. The number of hydrogen-bond acceptors (Lipinski definition) is 5. The molecule has 13 atom stereocenters. The second kappa shape index (κ2) is 7.36. The Bertz CT molecular complexity index is 1690. The summed E-state index contributed by atoms with van der Waals surface area (Å²) < 4.78 is 20.5. The first-order valence-corrected chi connectivity index (χ1v) is 16.7. The third kappa shape index (κ3) is 2.51. The smallest absolute Gasteiger partial charge is 0.153 e. The number of aromatic nitrogens is 1. The van der Waals surface area contributed by atoms with E-state index >= 15 is 0 Å². The standard InChI is InChI=1S/C37H45NO5/c1-16(2)29-28(39)32-37(43-32)23(41-29)11-12-34(6)35(7)20(10-13-36(34,37)40)30-27-26-22(38-31(27)35)9-8-18-14-17(3)19-15-21(25(19)24(18)26)33(4,5)42-30/h8-9,19-21,23,25,28-30,32,38-40H,1,3,10-15H2,2,4-7H3/t19-,20-,21+,23+,25-,28+,29-,30+,32-,34-,35-,36+,37-/m1/s1. The molecule has 4 heterocycles. The molecule has 6 nitrogen and oxygen atoms in total. The summed E-state index contributed by atoms with van der Waals surface area (Å²) in [6, 6.07) is 4.63. The fraction of sp³-hybridized carbons (Fsp3) is 0.676. The summed E-state index contributed by atoms with van der Waals surface area (Å²) in [5.74, 6) is 1.68. The van der Waals surface area contributed by atoms with Crippen LogP contribution in [0.5, 0.6) is 0 Å². The van der Waals surface area contributed by atoms with Gasteiger partial charge in [-0.15, -0.1) is 0 Å². The number of allylic oxidation sites excluding steroid dienone is 1. The van der Waals surface area contributed by atoms with Crippen LogP contribution < -0.4 is 0 Å². The number of aliphatic hydroxyl groups excluding tert-OH is 1. The monoisotopic (exact) mass is 583 g/mol. The maximum absolute atomic E-state index is 13.2. The predicted molar refractivity (Wildman–Crippen MR) is 163 cm³/mol. The fourth-order valence-corrected chi connectivity index (χ4v) is 12.7. The van der Waals surface area contributed by atoms with Crippen LogP contribution in [-0.4, -0.2) is 56.4 Å². The lowest BCUT2D eigenvalue weighted by Crippen LogP contribution is -2.76. The molecule has 6 heteroatoms. The minimum absolute atomic E-state index is 0.0334. The van der Waals surface area contributed by atoms with Crippen molar-refractivity contribution in [2.75, 3.05) is 0 Å². The molecule has 0 amide bonds. The number of hydrogen-bond donors (Lipinski definition) is 3. The molecule has 0 bridgehead atoms. The van der Waals surface area contributed by atoms with Gasteiger partial charge in [0.2, 0.25) is 0 Å². The van der Waals surface area contributed by atoms with Crippen molar-refractivity contribution in [3.05, 3.63) is 58.8 Å². The summed E-state index contributed by atoms with van der Waals surface area (Å²) in [5.41, 5.74) is 5.78. The Labute approximate surface area is 253 Å². The molecule has 0 unspecified atom stereocenters. The van der Waals surface area contributed by atoms with E-state index in [-0.39, 0.29) is 29.1 Å². The molecule has 3 aliphatic heterocycles. The Kier molecular flexibility index (Phi) is 4.50. The summed E-state index contributed by atoms with van der Waals surface area (Å²) in [7, 11) is 0. The van der Waals surface area contributed by atoms with Gasteiger partial charge in [0.25, 0.3) is 0 Å². The van der Waals surface area contributed by atoms with Gasteiger partial charge in [-0.05, 0) is 99.8 Å². The number of nitrogens with one attached hydrogen (secondary N) is 1. The summed E-state index contributed by atoms with van der Waals surface area (Å²) in [6.07, 6.45) is 3.15. The summed E-state index contributed by atoms with van der Waals surface area (Å²) in [5, 5.41) is 26.0. The highest BCUT2D eigenvalue weighted by Crippen LogP contribution is 2.77. The first-order valence-electron chi connectivity index (χ1n) is 16.7. The van der Waals surface area contributed by atoms with Crippen molar-refractivity contribution in [1.82, 2.24) is 4.98 Å².